The predicted molar refractivity (Wildman–Crippen MR) is 59.2 cm³/mol. The monoisotopic (exact) mass is 202 g/mol. The van der Waals surface area contributed by atoms with Crippen LogP contribution in [-0.2, 0) is 0 Å². The maximum Gasteiger partial charge on any atom is 0.150 e. The van der Waals surface area contributed by atoms with Crippen LogP contribution in [0.4, 0.5) is 0 Å². The molecule has 0 N–H and O–H groups in total. The Hall–Kier alpha value is -1.57. The van der Waals surface area contributed by atoms with Crippen molar-refractivity contribution in [2.45, 2.75) is 25.4 Å². The van der Waals surface area contributed by atoms with Gasteiger partial charge in [0.05, 0.1) is 0 Å². The number of hydrogen-bond donors (Lipinski definition) is 0. The van der Waals surface area contributed by atoms with E-state index in [-0.39, 0.29) is 6.10 Å². The van der Waals surface area contributed by atoms with E-state index >= 15 is 0 Å². The number of carbonyl (C=O) groups is 1. The van der Waals surface area contributed by atoms with Gasteiger partial charge < -0.3 is 4.74 Å². The second kappa shape index (κ2) is 4.78. The van der Waals surface area contributed by atoms with Gasteiger partial charge in [-0.05, 0) is 49.6 Å². The summed E-state index contributed by atoms with van der Waals surface area (Å²) in [6.45, 7) is 0. The molecule has 0 amide bonds. The highest BCUT2D eigenvalue weighted by Crippen LogP contribution is 2.18. The largest absolute Gasteiger partial charge is 0.486 e. The van der Waals surface area contributed by atoms with Gasteiger partial charge in [0.2, 0.25) is 0 Å². The number of benzene rings is 1. The average molecular weight is 202 g/mol. The molecule has 2 rings (SSSR count). The van der Waals surface area contributed by atoms with Crippen LogP contribution in [0.15, 0.2) is 36.4 Å². The molecule has 15 heavy (non-hydrogen) atoms. The van der Waals surface area contributed by atoms with Crippen LogP contribution in [0.2, 0.25) is 0 Å². The number of ether oxygens (including phenoxy) is 1. The Kier molecular flexibility index (Phi) is 3.18. The normalized spacial score (nSPS) is 19.9. The summed E-state index contributed by atoms with van der Waals surface area (Å²) in [6.07, 6.45) is 8.72. The Labute approximate surface area is 89.6 Å². The molecule has 0 aliphatic heterocycles. The lowest BCUT2D eigenvalue weighted by Crippen LogP contribution is -2.15. The molecule has 0 saturated heterocycles. The quantitative estimate of drug-likeness (QED) is 0.556. The molecule has 2 nitrogen and oxygen atoms in total. The Bertz CT molecular complexity index is 351. The molecule has 1 aromatic carbocycles. The number of aldehydes is 1. The summed E-state index contributed by atoms with van der Waals surface area (Å²) in [7, 11) is 0. The molecular formula is C13H14O2. The van der Waals surface area contributed by atoms with Gasteiger partial charge in [0.1, 0.15) is 18.1 Å². The molecule has 2 heteroatoms. The van der Waals surface area contributed by atoms with Gasteiger partial charge >= 0.3 is 0 Å². The standard InChI is InChI=1S/C13H14O2/c14-10-11-6-8-13(9-7-11)15-12-4-2-1-3-5-12/h2,4,6-10,12H,1,3,5H2. The molecule has 1 unspecified atom stereocenters. The molecular weight excluding hydrogens is 188 g/mol. The van der Waals surface area contributed by atoms with Gasteiger partial charge in [-0.15, -0.1) is 0 Å². The number of rotatable bonds is 3. The SMILES string of the molecule is O=Cc1ccc(OC2C=CCCC2)cc1. The molecule has 0 heterocycles. The van der Waals surface area contributed by atoms with Crippen LogP contribution in [-0.4, -0.2) is 12.4 Å². The molecule has 0 fully saturated rings. The lowest BCUT2D eigenvalue weighted by molar-refractivity contribution is 0.112. The van der Waals surface area contributed by atoms with Crippen LogP contribution < -0.4 is 4.74 Å². The van der Waals surface area contributed by atoms with Crippen molar-refractivity contribution < 1.29 is 9.53 Å². The summed E-state index contributed by atoms with van der Waals surface area (Å²) in [5, 5.41) is 0. The number of carbonyl (C=O) groups excluding carboxylic acids is 1. The second-order valence-corrected chi connectivity index (χ2v) is 3.70. The van der Waals surface area contributed by atoms with Crippen molar-refractivity contribution in [3.05, 3.63) is 42.0 Å². The third kappa shape index (κ3) is 2.69. The zero-order valence-electron chi connectivity index (χ0n) is 8.56. The summed E-state index contributed by atoms with van der Waals surface area (Å²) in [5.74, 6) is 0.831. The molecule has 1 atom stereocenters. The van der Waals surface area contributed by atoms with Crippen LogP contribution in [0.3, 0.4) is 0 Å². The minimum absolute atomic E-state index is 0.195. The van der Waals surface area contributed by atoms with Crippen molar-refractivity contribution in [3.8, 4) is 5.75 Å². The molecule has 1 aliphatic rings. The van der Waals surface area contributed by atoms with E-state index in [1.807, 2.05) is 12.1 Å². The molecule has 0 spiro atoms. The van der Waals surface area contributed by atoms with Crippen LogP contribution >= 0.6 is 0 Å². The Morgan fingerprint density at radius 1 is 1.27 bits per heavy atom. The first-order valence-corrected chi connectivity index (χ1v) is 5.27. The van der Waals surface area contributed by atoms with E-state index in [0.717, 1.165) is 24.9 Å². The second-order valence-electron chi connectivity index (χ2n) is 3.70. The topological polar surface area (TPSA) is 26.3 Å². The lowest BCUT2D eigenvalue weighted by atomic mass is 10.1. The van der Waals surface area contributed by atoms with E-state index in [1.54, 1.807) is 12.1 Å². The Morgan fingerprint density at radius 2 is 2.07 bits per heavy atom. The van der Waals surface area contributed by atoms with Crippen molar-refractivity contribution in [1.29, 1.82) is 0 Å². The van der Waals surface area contributed by atoms with Gasteiger partial charge in [-0.3, -0.25) is 4.79 Å². The zero-order chi connectivity index (χ0) is 10.5. The summed E-state index contributed by atoms with van der Waals surface area (Å²) in [6, 6.07) is 7.22. The van der Waals surface area contributed by atoms with Crippen LogP contribution in [0, 0.1) is 0 Å². The Balaban J connectivity index is 2.00. The fraction of sp³-hybridized carbons (Fsp3) is 0.308. The van der Waals surface area contributed by atoms with Crippen molar-refractivity contribution in [1.82, 2.24) is 0 Å². The number of hydrogen-bond acceptors (Lipinski definition) is 2. The highest BCUT2D eigenvalue weighted by atomic mass is 16.5. The zero-order valence-corrected chi connectivity index (χ0v) is 8.56. The van der Waals surface area contributed by atoms with Gasteiger partial charge in [-0.2, -0.15) is 0 Å². The molecule has 1 aromatic rings. The first-order chi connectivity index (χ1) is 7.38. The smallest absolute Gasteiger partial charge is 0.150 e. The van der Waals surface area contributed by atoms with E-state index in [2.05, 4.69) is 12.2 Å². The highest BCUT2D eigenvalue weighted by Gasteiger charge is 2.09. The number of allylic oxidation sites excluding steroid dienone is 1. The van der Waals surface area contributed by atoms with E-state index in [4.69, 9.17) is 4.74 Å². The highest BCUT2D eigenvalue weighted by molar-refractivity contribution is 5.74. The van der Waals surface area contributed by atoms with Crippen LogP contribution in [0.1, 0.15) is 29.6 Å². The van der Waals surface area contributed by atoms with Crippen LogP contribution in [0.5, 0.6) is 5.75 Å². The van der Waals surface area contributed by atoms with E-state index in [0.29, 0.717) is 5.56 Å². The minimum atomic E-state index is 0.195. The fourth-order valence-electron chi connectivity index (χ4n) is 1.68. The van der Waals surface area contributed by atoms with E-state index < -0.39 is 0 Å². The molecule has 0 bridgehead atoms. The fourth-order valence-corrected chi connectivity index (χ4v) is 1.68. The van der Waals surface area contributed by atoms with E-state index in [1.165, 1.54) is 6.42 Å². The first kappa shape index (κ1) is 9.97. The van der Waals surface area contributed by atoms with Gasteiger partial charge in [0.25, 0.3) is 0 Å². The van der Waals surface area contributed by atoms with Crippen LogP contribution in [0.25, 0.3) is 0 Å². The van der Waals surface area contributed by atoms with Gasteiger partial charge in [0.15, 0.2) is 0 Å². The first-order valence-electron chi connectivity index (χ1n) is 5.27. The van der Waals surface area contributed by atoms with Gasteiger partial charge in [0, 0.05) is 5.56 Å². The van der Waals surface area contributed by atoms with Crippen molar-refractivity contribution in [2.75, 3.05) is 0 Å². The lowest BCUT2D eigenvalue weighted by Gasteiger charge is -2.18. The third-order valence-corrected chi connectivity index (χ3v) is 2.51. The van der Waals surface area contributed by atoms with Crippen molar-refractivity contribution in [2.24, 2.45) is 0 Å². The average Bonchev–Trinajstić information content (AvgIpc) is 2.31. The summed E-state index contributed by atoms with van der Waals surface area (Å²) in [5.41, 5.74) is 0.682. The van der Waals surface area contributed by atoms with E-state index in [9.17, 15) is 4.79 Å². The van der Waals surface area contributed by atoms with Crippen molar-refractivity contribution in [3.63, 3.8) is 0 Å². The maximum absolute atomic E-state index is 10.5. The Morgan fingerprint density at radius 3 is 2.67 bits per heavy atom. The van der Waals surface area contributed by atoms with Gasteiger partial charge in [-0.1, -0.05) is 6.08 Å². The summed E-state index contributed by atoms with van der Waals surface area (Å²) >= 11 is 0. The third-order valence-electron chi connectivity index (χ3n) is 2.51. The van der Waals surface area contributed by atoms with Crippen molar-refractivity contribution >= 4 is 6.29 Å². The van der Waals surface area contributed by atoms with Gasteiger partial charge in [-0.25, -0.2) is 0 Å². The molecule has 0 aromatic heterocycles. The maximum atomic E-state index is 10.5. The molecule has 0 saturated carbocycles. The molecule has 78 valence electrons. The predicted octanol–water partition coefficient (Wildman–Crippen LogP) is 2.99. The minimum Gasteiger partial charge on any atom is -0.486 e. The summed E-state index contributed by atoms with van der Waals surface area (Å²) < 4.78 is 5.75. The molecule has 1 aliphatic carbocycles. The summed E-state index contributed by atoms with van der Waals surface area (Å²) in [4.78, 5) is 10.5. The molecule has 0 radical (unpaired) electrons.